The van der Waals surface area contributed by atoms with E-state index in [1.165, 1.54) is 25.7 Å². The number of rotatable bonds is 4. The van der Waals surface area contributed by atoms with Gasteiger partial charge >= 0.3 is 0 Å². The lowest BCUT2D eigenvalue weighted by Crippen LogP contribution is -2.40. The van der Waals surface area contributed by atoms with Crippen molar-refractivity contribution in [2.45, 2.75) is 52.1 Å². The van der Waals surface area contributed by atoms with Crippen LogP contribution in [-0.2, 0) is 6.54 Å². The quantitative estimate of drug-likeness (QED) is 0.890. The molecule has 1 aliphatic carbocycles. The molecule has 4 nitrogen and oxygen atoms in total. The van der Waals surface area contributed by atoms with Gasteiger partial charge in [0.2, 0.25) is 0 Å². The van der Waals surface area contributed by atoms with Crippen LogP contribution in [0.1, 0.15) is 45.2 Å². The maximum absolute atomic E-state index is 5.62. The van der Waals surface area contributed by atoms with E-state index >= 15 is 0 Å². The highest BCUT2D eigenvalue weighted by Gasteiger charge is 2.28. The Balaban J connectivity index is 1.60. The number of aromatic nitrogens is 1. The van der Waals surface area contributed by atoms with E-state index < -0.39 is 0 Å². The Morgan fingerprint density at radius 3 is 3.06 bits per heavy atom. The molecule has 1 N–H and O–H groups in total. The Hall–Kier alpha value is -1.03. The van der Waals surface area contributed by atoms with Crippen molar-refractivity contribution in [1.29, 1.82) is 0 Å². The maximum Gasteiger partial charge on any atom is 0.297 e. The molecule has 0 spiro atoms. The molecule has 0 unspecified atom stereocenters. The second-order valence-electron chi connectivity index (χ2n) is 6.47. The molecule has 1 aliphatic heterocycles. The summed E-state index contributed by atoms with van der Waals surface area (Å²) in [5, 5.41) is 3.46. The summed E-state index contributed by atoms with van der Waals surface area (Å²) in [6.45, 7) is 7.59. The lowest BCUT2D eigenvalue weighted by Gasteiger charge is -2.37. The molecular formula is C14H23N3O. The second-order valence-corrected chi connectivity index (χ2v) is 6.47. The first-order chi connectivity index (χ1) is 8.62. The molecule has 2 fully saturated rings. The van der Waals surface area contributed by atoms with E-state index in [0.29, 0.717) is 5.41 Å². The summed E-state index contributed by atoms with van der Waals surface area (Å²) in [4.78, 5) is 6.88. The molecule has 0 radical (unpaired) electrons. The number of piperidine rings is 1. The summed E-state index contributed by atoms with van der Waals surface area (Å²) < 4.78 is 5.62. The predicted molar refractivity (Wildman–Crippen MR) is 71.6 cm³/mol. The SMILES string of the molecule is CC1(C)CCCN(c2nc(CNC3CC3)co2)C1. The van der Waals surface area contributed by atoms with Gasteiger partial charge in [0.15, 0.2) is 0 Å². The first-order valence-corrected chi connectivity index (χ1v) is 7.05. The summed E-state index contributed by atoms with van der Waals surface area (Å²) in [5.41, 5.74) is 1.40. The lowest BCUT2D eigenvalue weighted by atomic mass is 9.84. The zero-order valence-corrected chi connectivity index (χ0v) is 11.4. The van der Waals surface area contributed by atoms with Gasteiger partial charge in [-0.25, -0.2) is 0 Å². The molecule has 0 bridgehead atoms. The maximum atomic E-state index is 5.62. The fourth-order valence-corrected chi connectivity index (χ4v) is 2.65. The van der Waals surface area contributed by atoms with Crippen molar-refractivity contribution in [3.63, 3.8) is 0 Å². The Kier molecular flexibility index (Phi) is 3.06. The first kappa shape index (κ1) is 12.0. The van der Waals surface area contributed by atoms with Crippen LogP contribution in [0.3, 0.4) is 0 Å². The average molecular weight is 249 g/mol. The van der Waals surface area contributed by atoms with E-state index in [4.69, 9.17) is 4.42 Å². The molecule has 100 valence electrons. The number of oxazole rings is 1. The van der Waals surface area contributed by atoms with Crippen molar-refractivity contribution < 1.29 is 4.42 Å². The van der Waals surface area contributed by atoms with Gasteiger partial charge in [0.25, 0.3) is 6.01 Å². The minimum atomic E-state index is 0.374. The summed E-state index contributed by atoms with van der Waals surface area (Å²) in [6.07, 6.45) is 6.94. The Bertz CT molecular complexity index is 409. The van der Waals surface area contributed by atoms with Gasteiger partial charge in [0.1, 0.15) is 6.26 Å². The zero-order chi connectivity index (χ0) is 12.6. The Morgan fingerprint density at radius 1 is 1.50 bits per heavy atom. The number of anilines is 1. The molecular weight excluding hydrogens is 226 g/mol. The van der Waals surface area contributed by atoms with Gasteiger partial charge in [-0.2, -0.15) is 4.98 Å². The van der Waals surface area contributed by atoms with Crippen LogP contribution in [0.4, 0.5) is 6.01 Å². The van der Waals surface area contributed by atoms with Crippen molar-refractivity contribution in [2.24, 2.45) is 5.41 Å². The third kappa shape index (κ3) is 2.86. The van der Waals surface area contributed by atoms with E-state index in [-0.39, 0.29) is 0 Å². The van der Waals surface area contributed by atoms with Gasteiger partial charge in [0.05, 0.1) is 5.69 Å². The van der Waals surface area contributed by atoms with E-state index in [9.17, 15) is 0 Å². The van der Waals surface area contributed by atoms with Gasteiger partial charge < -0.3 is 14.6 Å². The highest BCUT2D eigenvalue weighted by atomic mass is 16.4. The molecule has 0 amide bonds. The fraction of sp³-hybridized carbons (Fsp3) is 0.786. The molecule has 1 aromatic rings. The van der Waals surface area contributed by atoms with E-state index in [1.807, 2.05) is 0 Å². The molecule has 1 aromatic heterocycles. The summed E-state index contributed by atoms with van der Waals surface area (Å²) in [7, 11) is 0. The van der Waals surface area contributed by atoms with Crippen molar-refractivity contribution in [3.05, 3.63) is 12.0 Å². The van der Waals surface area contributed by atoms with Crippen LogP contribution in [0, 0.1) is 5.41 Å². The van der Waals surface area contributed by atoms with E-state index in [1.54, 1.807) is 6.26 Å². The Morgan fingerprint density at radius 2 is 2.33 bits per heavy atom. The predicted octanol–water partition coefficient (Wildman–Crippen LogP) is 2.55. The van der Waals surface area contributed by atoms with E-state index in [2.05, 4.69) is 29.0 Å². The molecule has 2 aliphatic rings. The number of nitrogens with zero attached hydrogens (tertiary/aromatic N) is 2. The summed E-state index contributed by atoms with van der Waals surface area (Å²) in [5.74, 6) is 0. The third-order valence-electron chi connectivity index (χ3n) is 3.86. The van der Waals surface area contributed by atoms with Crippen molar-refractivity contribution in [3.8, 4) is 0 Å². The second kappa shape index (κ2) is 4.57. The number of hydrogen-bond acceptors (Lipinski definition) is 4. The monoisotopic (exact) mass is 249 g/mol. The molecule has 1 saturated carbocycles. The smallest absolute Gasteiger partial charge is 0.297 e. The van der Waals surface area contributed by atoms with Crippen LogP contribution < -0.4 is 10.2 Å². The molecule has 4 heteroatoms. The summed E-state index contributed by atoms with van der Waals surface area (Å²) >= 11 is 0. The number of nitrogens with one attached hydrogen (secondary N) is 1. The first-order valence-electron chi connectivity index (χ1n) is 7.05. The van der Waals surface area contributed by atoms with Crippen LogP contribution in [0.15, 0.2) is 10.7 Å². The zero-order valence-electron chi connectivity index (χ0n) is 11.4. The van der Waals surface area contributed by atoms with Crippen LogP contribution in [0.2, 0.25) is 0 Å². The van der Waals surface area contributed by atoms with Crippen molar-refractivity contribution in [2.75, 3.05) is 18.0 Å². The molecule has 3 rings (SSSR count). The van der Waals surface area contributed by atoms with Crippen molar-refractivity contribution >= 4 is 6.01 Å². The molecule has 1 saturated heterocycles. The van der Waals surface area contributed by atoms with Gasteiger partial charge in [-0.15, -0.1) is 0 Å². The highest BCUT2D eigenvalue weighted by molar-refractivity contribution is 5.28. The van der Waals surface area contributed by atoms with Crippen LogP contribution >= 0.6 is 0 Å². The molecule has 2 heterocycles. The molecule has 0 atom stereocenters. The largest absolute Gasteiger partial charge is 0.432 e. The normalized spacial score (nSPS) is 23.3. The molecule has 18 heavy (non-hydrogen) atoms. The molecule has 0 aromatic carbocycles. The topological polar surface area (TPSA) is 41.3 Å². The van der Waals surface area contributed by atoms with Crippen LogP contribution in [-0.4, -0.2) is 24.1 Å². The van der Waals surface area contributed by atoms with E-state index in [0.717, 1.165) is 37.4 Å². The standard InChI is InChI=1S/C14H23N3O/c1-14(2)6-3-7-17(10-14)13-16-12(9-18-13)8-15-11-4-5-11/h9,11,15H,3-8,10H2,1-2H3. The fourth-order valence-electron chi connectivity index (χ4n) is 2.65. The van der Waals surface area contributed by atoms with Crippen LogP contribution in [0.25, 0.3) is 0 Å². The minimum Gasteiger partial charge on any atom is -0.432 e. The third-order valence-corrected chi connectivity index (χ3v) is 3.86. The minimum absolute atomic E-state index is 0.374. The van der Waals surface area contributed by atoms with Gasteiger partial charge in [-0.3, -0.25) is 0 Å². The highest BCUT2D eigenvalue weighted by Crippen LogP contribution is 2.31. The van der Waals surface area contributed by atoms with Crippen molar-refractivity contribution in [1.82, 2.24) is 10.3 Å². The Labute approximate surface area is 109 Å². The lowest BCUT2D eigenvalue weighted by molar-refractivity contribution is 0.283. The van der Waals surface area contributed by atoms with Gasteiger partial charge in [-0.05, 0) is 31.1 Å². The van der Waals surface area contributed by atoms with Crippen LogP contribution in [0.5, 0.6) is 0 Å². The number of hydrogen-bond donors (Lipinski definition) is 1. The van der Waals surface area contributed by atoms with Gasteiger partial charge in [0, 0.05) is 25.7 Å². The average Bonchev–Trinajstić information content (AvgIpc) is 3.02. The van der Waals surface area contributed by atoms with Gasteiger partial charge in [-0.1, -0.05) is 13.8 Å². The summed E-state index contributed by atoms with van der Waals surface area (Å²) in [6, 6.07) is 1.52.